The van der Waals surface area contributed by atoms with E-state index in [9.17, 15) is 4.79 Å². The van der Waals surface area contributed by atoms with Gasteiger partial charge in [-0.1, -0.05) is 35.0 Å². The molecule has 0 aliphatic carbocycles. The Labute approximate surface area is 116 Å². The van der Waals surface area contributed by atoms with Crippen molar-refractivity contribution in [1.29, 1.82) is 0 Å². The molecule has 2 unspecified atom stereocenters. The molecule has 0 aliphatic rings. The Morgan fingerprint density at radius 3 is 2.72 bits per heavy atom. The van der Waals surface area contributed by atoms with Crippen molar-refractivity contribution in [3.63, 3.8) is 0 Å². The number of halogens is 1. The predicted octanol–water partition coefficient (Wildman–Crippen LogP) is 2.58. The smallest absolute Gasteiger partial charge is 0.315 e. The lowest BCUT2D eigenvalue weighted by Crippen LogP contribution is -2.44. The van der Waals surface area contributed by atoms with Crippen molar-refractivity contribution in [3.05, 3.63) is 34.3 Å². The molecular weight excluding hydrogens is 296 g/mol. The third kappa shape index (κ3) is 4.66. The lowest BCUT2D eigenvalue weighted by atomic mass is 10.1. The molecule has 0 saturated heterocycles. The van der Waals surface area contributed by atoms with Crippen LogP contribution >= 0.6 is 15.9 Å². The summed E-state index contributed by atoms with van der Waals surface area (Å²) in [6.07, 6.45) is 0.704. The Hall–Kier alpha value is -1.07. The van der Waals surface area contributed by atoms with E-state index in [-0.39, 0.29) is 24.7 Å². The number of aliphatic hydroxyl groups is 1. The van der Waals surface area contributed by atoms with Gasteiger partial charge in [-0.2, -0.15) is 0 Å². The van der Waals surface area contributed by atoms with Crippen LogP contribution in [0.2, 0.25) is 0 Å². The molecule has 0 heterocycles. The zero-order valence-electron chi connectivity index (χ0n) is 10.6. The minimum atomic E-state index is -0.261. The molecule has 0 aliphatic heterocycles. The maximum atomic E-state index is 11.7. The molecule has 1 aromatic carbocycles. The van der Waals surface area contributed by atoms with Gasteiger partial charge in [0, 0.05) is 4.47 Å². The summed E-state index contributed by atoms with van der Waals surface area (Å²) >= 11 is 3.40. The second kappa shape index (κ2) is 7.38. The Kier molecular flexibility index (Phi) is 6.15. The highest BCUT2D eigenvalue weighted by Gasteiger charge is 2.12. The lowest BCUT2D eigenvalue weighted by molar-refractivity contribution is 0.212. The van der Waals surface area contributed by atoms with E-state index >= 15 is 0 Å². The Bertz CT molecular complexity index is 394. The van der Waals surface area contributed by atoms with E-state index in [0.29, 0.717) is 6.42 Å². The topological polar surface area (TPSA) is 61.4 Å². The zero-order chi connectivity index (χ0) is 13.5. The van der Waals surface area contributed by atoms with Gasteiger partial charge in [0.1, 0.15) is 0 Å². The average molecular weight is 315 g/mol. The quantitative estimate of drug-likeness (QED) is 0.782. The van der Waals surface area contributed by atoms with Gasteiger partial charge in [0.25, 0.3) is 0 Å². The molecule has 0 radical (unpaired) electrons. The van der Waals surface area contributed by atoms with Crippen LogP contribution in [-0.4, -0.2) is 23.8 Å². The summed E-state index contributed by atoms with van der Waals surface area (Å²) in [4.78, 5) is 11.7. The van der Waals surface area contributed by atoms with Crippen LogP contribution in [0.15, 0.2) is 28.7 Å². The van der Waals surface area contributed by atoms with Crippen LogP contribution in [0.4, 0.5) is 4.79 Å². The van der Waals surface area contributed by atoms with E-state index in [0.717, 1.165) is 10.0 Å². The molecule has 3 N–H and O–H groups in total. The molecule has 0 aromatic heterocycles. The Morgan fingerprint density at radius 2 is 2.17 bits per heavy atom. The first-order valence-electron chi connectivity index (χ1n) is 6.00. The van der Waals surface area contributed by atoms with Gasteiger partial charge >= 0.3 is 6.03 Å². The predicted molar refractivity (Wildman–Crippen MR) is 75.4 cm³/mol. The molecule has 2 amide bonds. The highest BCUT2D eigenvalue weighted by atomic mass is 79.9. The number of rotatable bonds is 5. The molecule has 0 spiro atoms. The summed E-state index contributed by atoms with van der Waals surface area (Å²) < 4.78 is 0.982. The van der Waals surface area contributed by atoms with Crippen molar-refractivity contribution in [2.45, 2.75) is 32.4 Å². The fraction of sp³-hybridized carbons (Fsp3) is 0.462. The van der Waals surface area contributed by atoms with Crippen LogP contribution in [0.1, 0.15) is 31.9 Å². The van der Waals surface area contributed by atoms with Gasteiger partial charge in [-0.05, 0) is 31.0 Å². The largest absolute Gasteiger partial charge is 0.394 e. The van der Waals surface area contributed by atoms with Crippen molar-refractivity contribution < 1.29 is 9.90 Å². The summed E-state index contributed by atoms with van der Waals surface area (Å²) in [6.45, 7) is 3.79. The van der Waals surface area contributed by atoms with E-state index in [1.165, 1.54) is 0 Å². The highest BCUT2D eigenvalue weighted by molar-refractivity contribution is 9.10. The Balaban J connectivity index is 2.54. The molecule has 1 aromatic rings. The summed E-state index contributed by atoms with van der Waals surface area (Å²) in [5.41, 5.74) is 1.02. The SMILES string of the molecule is CCC(CO)NC(=O)NC(C)c1cccc(Br)c1. The first-order chi connectivity index (χ1) is 8.56. The van der Waals surface area contributed by atoms with E-state index in [1.54, 1.807) is 0 Å². The zero-order valence-corrected chi connectivity index (χ0v) is 12.2. The fourth-order valence-electron chi connectivity index (χ4n) is 1.56. The highest BCUT2D eigenvalue weighted by Crippen LogP contribution is 2.17. The number of amides is 2. The van der Waals surface area contributed by atoms with Gasteiger partial charge in [0.2, 0.25) is 0 Å². The van der Waals surface area contributed by atoms with Crippen LogP contribution in [0.3, 0.4) is 0 Å². The summed E-state index contributed by atoms with van der Waals surface area (Å²) in [6, 6.07) is 7.25. The monoisotopic (exact) mass is 314 g/mol. The number of hydrogen-bond donors (Lipinski definition) is 3. The van der Waals surface area contributed by atoms with Crippen LogP contribution < -0.4 is 10.6 Å². The van der Waals surface area contributed by atoms with Crippen molar-refractivity contribution in [3.8, 4) is 0 Å². The fourth-order valence-corrected chi connectivity index (χ4v) is 1.98. The van der Waals surface area contributed by atoms with Gasteiger partial charge in [-0.25, -0.2) is 4.79 Å². The van der Waals surface area contributed by atoms with Gasteiger partial charge in [-0.15, -0.1) is 0 Å². The van der Waals surface area contributed by atoms with Gasteiger partial charge in [0.05, 0.1) is 18.7 Å². The second-order valence-electron chi connectivity index (χ2n) is 4.18. The molecule has 100 valence electrons. The van der Waals surface area contributed by atoms with Crippen LogP contribution in [0.5, 0.6) is 0 Å². The normalized spacial score (nSPS) is 13.8. The summed E-state index contributed by atoms with van der Waals surface area (Å²) in [7, 11) is 0. The molecule has 18 heavy (non-hydrogen) atoms. The second-order valence-corrected chi connectivity index (χ2v) is 5.10. The summed E-state index contributed by atoms with van der Waals surface area (Å²) in [5.74, 6) is 0. The van der Waals surface area contributed by atoms with Gasteiger partial charge < -0.3 is 15.7 Å². The van der Waals surface area contributed by atoms with Crippen molar-refractivity contribution in [1.82, 2.24) is 10.6 Å². The number of hydrogen-bond acceptors (Lipinski definition) is 2. The average Bonchev–Trinajstić information content (AvgIpc) is 2.35. The molecule has 0 saturated carbocycles. The van der Waals surface area contributed by atoms with Crippen molar-refractivity contribution >= 4 is 22.0 Å². The van der Waals surface area contributed by atoms with E-state index < -0.39 is 0 Å². The van der Waals surface area contributed by atoms with E-state index in [2.05, 4.69) is 26.6 Å². The van der Waals surface area contributed by atoms with E-state index in [1.807, 2.05) is 38.1 Å². The van der Waals surface area contributed by atoms with Crippen molar-refractivity contribution in [2.24, 2.45) is 0 Å². The number of carbonyl (C=O) groups is 1. The van der Waals surface area contributed by atoms with Crippen LogP contribution in [0.25, 0.3) is 0 Å². The molecular formula is C13H19BrN2O2. The number of carbonyl (C=O) groups excluding carboxylic acids is 1. The molecule has 4 nitrogen and oxygen atoms in total. The molecule has 0 fully saturated rings. The molecule has 2 atom stereocenters. The first-order valence-corrected chi connectivity index (χ1v) is 6.79. The number of urea groups is 1. The standard InChI is InChI=1S/C13H19BrN2O2/c1-3-12(8-17)16-13(18)15-9(2)10-5-4-6-11(14)7-10/h4-7,9,12,17H,3,8H2,1-2H3,(H2,15,16,18). The maximum Gasteiger partial charge on any atom is 0.315 e. The Morgan fingerprint density at radius 1 is 1.44 bits per heavy atom. The number of nitrogens with one attached hydrogen (secondary N) is 2. The number of aliphatic hydroxyl groups excluding tert-OH is 1. The molecule has 1 rings (SSSR count). The maximum absolute atomic E-state index is 11.7. The summed E-state index contributed by atoms with van der Waals surface area (Å²) in [5, 5.41) is 14.6. The van der Waals surface area contributed by atoms with Crippen molar-refractivity contribution in [2.75, 3.05) is 6.61 Å². The third-order valence-electron chi connectivity index (χ3n) is 2.74. The van der Waals surface area contributed by atoms with E-state index in [4.69, 9.17) is 5.11 Å². The molecule has 5 heteroatoms. The molecule has 0 bridgehead atoms. The first kappa shape index (κ1) is 15.0. The minimum Gasteiger partial charge on any atom is -0.394 e. The third-order valence-corrected chi connectivity index (χ3v) is 3.24. The number of benzene rings is 1. The van der Waals surface area contributed by atoms with Gasteiger partial charge in [-0.3, -0.25) is 0 Å². The minimum absolute atomic E-state index is 0.0464. The van der Waals surface area contributed by atoms with Crippen LogP contribution in [0, 0.1) is 0 Å². The van der Waals surface area contributed by atoms with Crippen LogP contribution in [-0.2, 0) is 0 Å². The van der Waals surface area contributed by atoms with Gasteiger partial charge in [0.15, 0.2) is 0 Å². The lowest BCUT2D eigenvalue weighted by Gasteiger charge is -2.18.